The van der Waals surface area contributed by atoms with E-state index in [0.29, 0.717) is 6.61 Å². The van der Waals surface area contributed by atoms with E-state index in [9.17, 15) is 4.79 Å². The fourth-order valence-electron chi connectivity index (χ4n) is 3.15. The summed E-state index contributed by atoms with van der Waals surface area (Å²) in [5, 5.41) is 0. The van der Waals surface area contributed by atoms with Crippen molar-refractivity contribution in [2.24, 2.45) is 5.41 Å². The number of likely N-dealkylation sites (tertiary alicyclic amines) is 1. The van der Waals surface area contributed by atoms with Gasteiger partial charge in [-0.05, 0) is 26.3 Å². The maximum absolute atomic E-state index is 12.9. The van der Waals surface area contributed by atoms with Gasteiger partial charge in [-0.1, -0.05) is 44.2 Å². The highest BCUT2D eigenvalue weighted by Gasteiger charge is 2.57. The van der Waals surface area contributed by atoms with E-state index in [1.54, 1.807) is 7.11 Å². The first-order valence-corrected chi connectivity index (χ1v) is 7.71. The van der Waals surface area contributed by atoms with Crippen molar-refractivity contribution < 1.29 is 14.3 Å². The number of benzene rings is 1. The van der Waals surface area contributed by atoms with Gasteiger partial charge in [-0.25, -0.2) is 0 Å². The molecule has 22 heavy (non-hydrogen) atoms. The van der Waals surface area contributed by atoms with Crippen LogP contribution in [0.3, 0.4) is 0 Å². The first-order valence-electron chi connectivity index (χ1n) is 7.71. The van der Waals surface area contributed by atoms with Gasteiger partial charge in [-0.15, -0.1) is 0 Å². The number of rotatable bonds is 4. The highest BCUT2D eigenvalue weighted by Crippen LogP contribution is 2.43. The van der Waals surface area contributed by atoms with Crippen LogP contribution in [-0.2, 0) is 20.9 Å². The fourth-order valence-corrected chi connectivity index (χ4v) is 3.15. The minimum Gasteiger partial charge on any atom is -0.363 e. The lowest BCUT2D eigenvalue weighted by atomic mass is 9.87. The SMILES string of the molecule is CO[C@@H]1N(C(C)(C)C)C(=O)[C@@H](OCc2ccccc2)C1(C)C. The van der Waals surface area contributed by atoms with Crippen LogP contribution < -0.4 is 0 Å². The molecule has 1 saturated heterocycles. The molecule has 1 fully saturated rings. The molecule has 1 aromatic carbocycles. The largest absolute Gasteiger partial charge is 0.363 e. The molecule has 2 rings (SSSR count). The predicted molar refractivity (Wildman–Crippen MR) is 86.2 cm³/mol. The number of hydrogen-bond donors (Lipinski definition) is 0. The van der Waals surface area contributed by atoms with E-state index in [4.69, 9.17) is 9.47 Å². The predicted octanol–water partition coefficient (Wildman–Crippen LogP) is 3.21. The Labute approximate surface area is 133 Å². The highest BCUT2D eigenvalue weighted by atomic mass is 16.5. The Morgan fingerprint density at radius 1 is 1.18 bits per heavy atom. The number of methoxy groups -OCH3 is 1. The zero-order chi connectivity index (χ0) is 16.5. The number of ether oxygens (including phenoxy) is 2. The van der Waals surface area contributed by atoms with Gasteiger partial charge in [0.2, 0.25) is 0 Å². The van der Waals surface area contributed by atoms with Gasteiger partial charge in [0, 0.05) is 18.1 Å². The zero-order valence-corrected chi connectivity index (χ0v) is 14.4. The summed E-state index contributed by atoms with van der Waals surface area (Å²) in [6, 6.07) is 9.92. The van der Waals surface area contributed by atoms with Crippen molar-refractivity contribution in [3.8, 4) is 0 Å². The molecule has 1 aliphatic heterocycles. The Kier molecular flexibility index (Phi) is 4.64. The number of carbonyl (C=O) groups is 1. The molecule has 0 aromatic heterocycles. The lowest BCUT2D eigenvalue weighted by Crippen LogP contribution is -2.50. The molecule has 4 heteroatoms. The second kappa shape index (κ2) is 6.01. The van der Waals surface area contributed by atoms with Gasteiger partial charge in [0.15, 0.2) is 0 Å². The molecule has 0 saturated carbocycles. The molecule has 1 aliphatic rings. The van der Waals surface area contributed by atoms with Crippen molar-refractivity contribution in [1.29, 1.82) is 0 Å². The summed E-state index contributed by atoms with van der Waals surface area (Å²) in [5.41, 5.74) is 0.350. The van der Waals surface area contributed by atoms with Crippen molar-refractivity contribution in [2.75, 3.05) is 7.11 Å². The van der Waals surface area contributed by atoms with Gasteiger partial charge in [0.25, 0.3) is 5.91 Å². The Balaban J connectivity index is 2.21. The van der Waals surface area contributed by atoms with E-state index < -0.39 is 11.5 Å². The van der Waals surface area contributed by atoms with Crippen LogP contribution in [0.2, 0.25) is 0 Å². The molecule has 4 nitrogen and oxygen atoms in total. The molecule has 1 amide bonds. The smallest absolute Gasteiger partial charge is 0.254 e. The third-order valence-electron chi connectivity index (χ3n) is 4.21. The summed E-state index contributed by atoms with van der Waals surface area (Å²) in [7, 11) is 1.65. The zero-order valence-electron chi connectivity index (χ0n) is 14.4. The van der Waals surface area contributed by atoms with Gasteiger partial charge < -0.3 is 14.4 Å². The molecule has 2 atom stereocenters. The Bertz CT molecular complexity index is 519. The standard InChI is InChI=1S/C18H27NO3/c1-17(2,3)19-15(20)14(18(4,5)16(19)21-6)22-12-13-10-8-7-9-11-13/h7-11,14,16H,12H2,1-6H3/t14-,16+/m1/s1. The number of amides is 1. The van der Waals surface area contributed by atoms with Gasteiger partial charge in [-0.2, -0.15) is 0 Å². The minimum atomic E-state index is -0.503. The van der Waals surface area contributed by atoms with Crippen molar-refractivity contribution in [3.05, 3.63) is 35.9 Å². The lowest BCUT2D eigenvalue weighted by molar-refractivity contribution is -0.149. The molecule has 0 aliphatic carbocycles. The monoisotopic (exact) mass is 305 g/mol. The van der Waals surface area contributed by atoms with Gasteiger partial charge in [-0.3, -0.25) is 4.79 Å². The number of carbonyl (C=O) groups excluding carboxylic acids is 1. The molecule has 122 valence electrons. The summed E-state index contributed by atoms with van der Waals surface area (Å²) in [4.78, 5) is 14.7. The van der Waals surface area contributed by atoms with E-state index in [0.717, 1.165) is 5.56 Å². The van der Waals surface area contributed by atoms with Gasteiger partial charge in [0.1, 0.15) is 12.3 Å². The summed E-state index contributed by atoms with van der Waals surface area (Å²) in [5.74, 6) is 0.000260. The van der Waals surface area contributed by atoms with E-state index in [1.807, 2.05) is 69.9 Å². The molecule has 0 unspecified atom stereocenters. The maximum Gasteiger partial charge on any atom is 0.254 e. The van der Waals surface area contributed by atoms with E-state index in [1.165, 1.54) is 0 Å². The average molecular weight is 305 g/mol. The molecule has 0 N–H and O–H groups in total. The minimum absolute atomic E-state index is 0.000260. The first-order chi connectivity index (χ1) is 10.2. The number of nitrogens with zero attached hydrogens (tertiary/aromatic N) is 1. The molecule has 0 bridgehead atoms. The third kappa shape index (κ3) is 3.03. The van der Waals surface area contributed by atoms with Crippen LogP contribution in [0.4, 0.5) is 0 Å². The van der Waals surface area contributed by atoms with Crippen LogP contribution in [0.15, 0.2) is 30.3 Å². The average Bonchev–Trinajstić information content (AvgIpc) is 2.63. The lowest BCUT2D eigenvalue weighted by Gasteiger charge is -2.39. The summed E-state index contributed by atoms with van der Waals surface area (Å²) < 4.78 is 11.6. The van der Waals surface area contributed by atoms with Crippen LogP contribution in [-0.4, -0.2) is 35.8 Å². The van der Waals surface area contributed by atoms with Crippen LogP contribution in [0.25, 0.3) is 0 Å². The molecule has 1 aromatic rings. The van der Waals surface area contributed by atoms with Crippen LogP contribution in [0, 0.1) is 5.41 Å². The van der Waals surface area contributed by atoms with E-state index in [-0.39, 0.29) is 17.7 Å². The molecule has 1 heterocycles. The van der Waals surface area contributed by atoms with Gasteiger partial charge in [0.05, 0.1) is 6.61 Å². The second-order valence-electron chi connectivity index (χ2n) is 7.47. The summed E-state index contributed by atoms with van der Waals surface area (Å²) in [6.45, 7) is 10.5. The van der Waals surface area contributed by atoms with E-state index in [2.05, 4.69) is 0 Å². The van der Waals surface area contributed by atoms with Gasteiger partial charge >= 0.3 is 0 Å². The highest BCUT2D eigenvalue weighted by molar-refractivity contribution is 5.85. The second-order valence-corrected chi connectivity index (χ2v) is 7.47. The van der Waals surface area contributed by atoms with Crippen molar-refractivity contribution >= 4 is 5.91 Å². The van der Waals surface area contributed by atoms with Crippen LogP contribution >= 0.6 is 0 Å². The van der Waals surface area contributed by atoms with E-state index >= 15 is 0 Å². The van der Waals surface area contributed by atoms with Crippen molar-refractivity contribution in [1.82, 2.24) is 4.90 Å². The topological polar surface area (TPSA) is 38.8 Å². The molecule has 0 spiro atoms. The van der Waals surface area contributed by atoms with Crippen LogP contribution in [0.1, 0.15) is 40.2 Å². The fraction of sp³-hybridized carbons (Fsp3) is 0.611. The van der Waals surface area contributed by atoms with Crippen LogP contribution in [0.5, 0.6) is 0 Å². The molecular formula is C18H27NO3. The third-order valence-corrected chi connectivity index (χ3v) is 4.21. The maximum atomic E-state index is 12.9. The van der Waals surface area contributed by atoms with Crippen molar-refractivity contribution in [3.63, 3.8) is 0 Å². The quantitative estimate of drug-likeness (QED) is 0.857. The summed E-state index contributed by atoms with van der Waals surface area (Å²) >= 11 is 0. The Morgan fingerprint density at radius 2 is 1.77 bits per heavy atom. The molecule has 0 radical (unpaired) electrons. The number of hydrogen-bond acceptors (Lipinski definition) is 3. The normalized spacial score (nSPS) is 24.8. The summed E-state index contributed by atoms with van der Waals surface area (Å²) in [6.07, 6.45) is -0.794. The first kappa shape index (κ1) is 17.0. The Hall–Kier alpha value is -1.39. The van der Waals surface area contributed by atoms with Crippen molar-refractivity contribution in [2.45, 2.75) is 59.1 Å². The Morgan fingerprint density at radius 3 is 2.23 bits per heavy atom. The molecular weight excluding hydrogens is 278 g/mol.